The maximum atomic E-state index is 5.41. The van der Waals surface area contributed by atoms with Crippen molar-refractivity contribution in [3.05, 3.63) is 12.4 Å². The molecule has 0 amide bonds. The molecule has 0 aromatic rings. The van der Waals surface area contributed by atoms with Crippen LogP contribution in [0.2, 0.25) is 0 Å². The van der Waals surface area contributed by atoms with Gasteiger partial charge in [-0.15, -0.1) is 0 Å². The van der Waals surface area contributed by atoms with Crippen molar-refractivity contribution in [2.75, 3.05) is 6.54 Å². The van der Waals surface area contributed by atoms with Crippen molar-refractivity contribution < 1.29 is 0 Å². The van der Waals surface area contributed by atoms with E-state index in [4.69, 9.17) is 5.73 Å². The van der Waals surface area contributed by atoms with Crippen molar-refractivity contribution in [2.24, 2.45) is 5.73 Å². The number of hydrogen-bond donors (Lipinski definition) is 3. The second-order valence-electron chi connectivity index (χ2n) is 1.51. The van der Waals surface area contributed by atoms with Gasteiger partial charge in [-0.25, -0.2) is 0 Å². The van der Waals surface area contributed by atoms with Crippen LogP contribution in [0.15, 0.2) is 12.4 Å². The van der Waals surface area contributed by atoms with Gasteiger partial charge in [-0.1, -0.05) is 0 Å². The molecule has 0 aromatic carbocycles. The summed E-state index contributed by atoms with van der Waals surface area (Å²) in [5, 5.41) is 5.88. The van der Waals surface area contributed by atoms with E-state index in [-0.39, 0.29) is 6.17 Å². The Hall–Kier alpha value is -0.700. The van der Waals surface area contributed by atoms with Crippen LogP contribution < -0.4 is 16.4 Å². The van der Waals surface area contributed by atoms with Gasteiger partial charge in [0.2, 0.25) is 0 Å². The Balaban J connectivity index is 2.32. The van der Waals surface area contributed by atoms with Crippen LogP contribution in [-0.2, 0) is 0 Å². The van der Waals surface area contributed by atoms with E-state index in [0.717, 1.165) is 6.54 Å². The predicted octanol–water partition coefficient (Wildman–Crippen LogP) is -1.06. The summed E-state index contributed by atoms with van der Waals surface area (Å²) in [4.78, 5) is 0. The van der Waals surface area contributed by atoms with E-state index in [9.17, 15) is 0 Å². The van der Waals surface area contributed by atoms with Gasteiger partial charge >= 0.3 is 0 Å². The van der Waals surface area contributed by atoms with Crippen molar-refractivity contribution in [3.63, 3.8) is 0 Å². The van der Waals surface area contributed by atoms with Crippen molar-refractivity contribution in [2.45, 2.75) is 6.17 Å². The fourth-order valence-electron chi connectivity index (χ4n) is 0.485. The summed E-state index contributed by atoms with van der Waals surface area (Å²) in [5.74, 6) is 0. The zero-order chi connectivity index (χ0) is 5.11. The standard InChI is InChI=1S/C4H9N3/c5-4-3-6-1-2-7-4/h1-2,4,6-7H,3,5H2. The van der Waals surface area contributed by atoms with E-state index >= 15 is 0 Å². The van der Waals surface area contributed by atoms with Crippen molar-refractivity contribution >= 4 is 0 Å². The highest BCUT2D eigenvalue weighted by molar-refractivity contribution is 4.86. The minimum Gasteiger partial charge on any atom is -0.386 e. The number of rotatable bonds is 0. The van der Waals surface area contributed by atoms with Gasteiger partial charge in [0.1, 0.15) is 0 Å². The van der Waals surface area contributed by atoms with Crippen LogP contribution in [0.4, 0.5) is 0 Å². The van der Waals surface area contributed by atoms with Crippen LogP contribution in [-0.4, -0.2) is 12.7 Å². The Labute approximate surface area is 42.6 Å². The zero-order valence-electron chi connectivity index (χ0n) is 4.02. The number of nitrogens with two attached hydrogens (primary N) is 1. The molecule has 3 nitrogen and oxygen atoms in total. The van der Waals surface area contributed by atoms with Gasteiger partial charge < -0.3 is 16.4 Å². The highest BCUT2D eigenvalue weighted by atomic mass is 15.1. The van der Waals surface area contributed by atoms with Gasteiger partial charge in [0.15, 0.2) is 0 Å². The molecule has 1 unspecified atom stereocenters. The van der Waals surface area contributed by atoms with Crippen LogP contribution in [0.3, 0.4) is 0 Å². The molecular formula is C4H9N3. The normalized spacial score (nSPS) is 28.4. The minimum atomic E-state index is 0.0880. The maximum Gasteiger partial charge on any atom is 0.0915 e. The molecule has 0 fully saturated rings. The van der Waals surface area contributed by atoms with E-state index in [2.05, 4.69) is 10.6 Å². The quantitative estimate of drug-likeness (QED) is 0.362. The monoisotopic (exact) mass is 99.1 g/mol. The minimum absolute atomic E-state index is 0.0880. The lowest BCUT2D eigenvalue weighted by atomic mass is 10.4. The molecule has 1 heterocycles. The Morgan fingerprint density at radius 1 is 1.57 bits per heavy atom. The van der Waals surface area contributed by atoms with Gasteiger partial charge in [-0.2, -0.15) is 0 Å². The summed E-state index contributed by atoms with van der Waals surface area (Å²) in [6, 6.07) is 0. The molecule has 7 heavy (non-hydrogen) atoms. The lowest BCUT2D eigenvalue weighted by Crippen LogP contribution is -2.44. The van der Waals surface area contributed by atoms with Crippen molar-refractivity contribution in [1.82, 2.24) is 10.6 Å². The van der Waals surface area contributed by atoms with Crippen LogP contribution in [0, 0.1) is 0 Å². The van der Waals surface area contributed by atoms with Gasteiger partial charge in [-0.3, -0.25) is 0 Å². The zero-order valence-corrected chi connectivity index (χ0v) is 4.02. The molecular weight excluding hydrogens is 90.1 g/mol. The highest BCUT2D eigenvalue weighted by Crippen LogP contribution is 1.75. The first kappa shape index (κ1) is 4.46. The summed E-state index contributed by atoms with van der Waals surface area (Å²) in [6.45, 7) is 0.816. The molecule has 1 aliphatic heterocycles. The van der Waals surface area contributed by atoms with E-state index in [1.165, 1.54) is 0 Å². The summed E-state index contributed by atoms with van der Waals surface area (Å²) in [7, 11) is 0. The molecule has 3 heteroatoms. The van der Waals surface area contributed by atoms with Crippen LogP contribution >= 0.6 is 0 Å². The van der Waals surface area contributed by atoms with E-state index < -0.39 is 0 Å². The lowest BCUT2D eigenvalue weighted by molar-refractivity contribution is 0.556. The van der Waals surface area contributed by atoms with Crippen molar-refractivity contribution in [1.29, 1.82) is 0 Å². The summed E-state index contributed by atoms with van der Waals surface area (Å²) >= 11 is 0. The van der Waals surface area contributed by atoms with E-state index in [1.54, 1.807) is 6.20 Å². The molecule has 0 bridgehead atoms. The van der Waals surface area contributed by atoms with Crippen LogP contribution in [0.25, 0.3) is 0 Å². The molecule has 40 valence electrons. The summed E-state index contributed by atoms with van der Waals surface area (Å²) in [6.07, 6.45) is 3.72. The topological polar surface area (TPSA) is 50.1 Å². The van der Waals surface area contributed by atoms with Gasteiger partial charge in [0, 0.05) is 18.9 Å². The average Bonchev–Trinajstić information content (AvgIpc) is 1.69. The SMILES string of the molecule is NC1CNC=CN1. The molecule has 0 aromatic heterocycles. The average molecular weight is 99.1 g/mol. The number of hydrogen-bond acceptors (Lipinski definition) is 3. The number of nitrogens with one attached hydrogen (secondary N) is 2. The summed E-state index contributed by atoms with van der Waals surface area (Å²) in [5.41, 5.74) is 5.41. The molecule has 1 rings (SSSR count). The Bertz CT molecular complexity index is 79.0. The smallest absolute Gasteiger partial charge is 0.0915 e. The molecule has 0 saturated carbocycles. The Morgan fingerprint density at radius 3 is 2.71 bits per heavy atom. The molecule has 0 radical (unpaired) electrons. The fourth-order valence-corrected chi connectivity index (χ4v) is 0.485. The molecule has 1 atom stereocenters. The fraction of sp³-hybridized carbons (Fsp3) is 0.500. The van der Waals surface area contributed by atoms with Gasteiger partial charge in [0.05, 0.1) is 6.17 Å². The lowest BCUT2D eigenvalue weighted by Gasteiger charge is -2.15. The van der Waals surface area contributed by atoms with Crippen LogP contribution in [0.5, 0.6) is 0 Å². The second kappa shape index (κ2) is 1.84. The Morgan fingerprint density at radius 2 is 2.43 bits per heavy atom. The molecule has 4 N–H and O–H groups in total. The van der Waals surface area contributed by atoms with Crippen LogP contribution in [0.1, 0.15) is 0 Å². The molecule has 1 aliphatic rings. The third-order valence-electron chi connectivity index (χ3n) is 0.849. The Kier molecular flexibility index (Phi) is 1.17. The van der Waals surface area contributed by atoms with Gasteiger partial charge in [-0.05, 0) is 0 Å². The largest absolute Gasteiger partial charge is 0.386 e. The third-order valence-corrected chi connectivity index (χ3v) is 0.849. The first-order valence-corrected chi connectivity index (χ1v) is 2.29. The maximum absolute atomic E-state index is 5.41. The molecule has 0 aliphatic carbocycles. The predicted molar refractivity (Wildman–Crippen MR) is 28.3 cm³/mol. The summed E-state index contributed by atoms with van der Waals surface area (Å²) < 4.78 is 0. The third kappa shape index (κ3) is 1.08. The van der Waals surface area contributed by atoms with Crippen molar-refractivity contribution in [3.8, 4) is 0 Å². The molecule has 0 spiro atoms. The van der Waals surface area contributed by atoms with Gasteiger partial charge in [0.25, 0.3) is 0 Å². The first-order chi connectivity index (χ1) is 3.39. The second-order valence-corrected chi connectivity index (χ2v) is 1.51. The molecule has 0 saturated heterocycles. The first-order valence-electron chi connectivity index (χ1n) is 2.29. The highest BCUT2D eigenvalue weighted by Gasteiger charge is 1.97. The van der Waals surface area contributed by atoms with E-state index in [0.29, 0.717) is 0 Å². The van der Waals surface area contributed by atoms with E-state index in [1.807, 2.05) is 6.20 Å².